The summed E-state index contributed by atoms with van der Waals surface area (Å²) in [5.74, 6) is 0.760. The van der Waals surface area contributed by atoms with Gasteiger partial charge in [-0.1, -0.05) is 0 Å². The maximum Gasteiger partial charge on any atom is 0.270 e. The molecule has 0 saturated carbocycles. The number of rotatable bonds is 3. The molecule has 1 fully saturated rings. The number of aromatic nitrogens is 1. The number of pyridine rings is 1. The van der Waals surface area contributed by atoms with Gasteiger partial charge in [0.05, 0.1) is 22.1 Å². The summed E-state index contributed by atoms with van der Waals surface area (Å²) in [5.41, 5.74) is 0.678. The van der Waals surface area contributed by atoms with Crippen molar-refractivity contribution in [2.45, 2.75) is 31.9 Å². The van der Waals surface area contributed by atoms with Crippen molar-refractivity contribution in [1.29, 1.82) is 0 Å². The highest BCUT2D eigenvalue weighted by molar-refractivity contribution is 5.82. The van der Waals surface area contributed by atoms with Crippen LogP contribution >= 0.6 is 0 Å². The van der Waals surface area contributed by atoms with Crippen LogP contribution in [0.4, 0.5) is 11.5 Å². The van der Waals surface area contributed by atoms with E-state index in [1.165, 1.54) is 12.1 Å². The van der Waals surface area contributed by atoms with E-state index in [1.807, 2.05) is 19.1 Å². The number of nitrogens with zero attached hydrogens (tertiary/aromatic N) is 2. The first kappa shape index (κ1) is 13.8. The molecule has 2 heterocycles. The van der Waals surface area contributed by atoms with E-state index in [0.29, 0.717) is 0 Å². The number of ether oxygens (including phenoxy) is 1. The molecule has 1 saturated heterocycles. The number of hydrogen-bond acceptors (Lipinski definition) is 5. The summed E-state index contributed by atoms with van der Waals surface area (Å²) in [6.45, 7) is 4.90. The number of nitrogens with one attached hydrogen (secondary N) is 1. The van der Waals surface area contributed by atoms with E-state index in [-0.39, 0.29) is 17.3 Å². The zero-order valence-electron chi connectivity index (χ0n) is 12.0. The largest absolute Gasteiger partial charge is 0.376 e. The van der Waals surface area contributed by atoms with E-state index in [2.05, 4.69) is 17.2 Å². The molecule has 0 radical (unpaired) electrons. The van der Waals surface area contributed by atoms with Gasteiger partial charge in [0.15, 0.2) is 0 Å². The highest BCUT2D eigenvalue weighted by Gasteiger charge is 2.37. The van der Waals surface area contributed by atoms with Gasteiger partial charge < -0.3 is 10.1 Å². The number of fused-ring (bicyclic) bond motifs is 1. The summed E-state index contributed by atoms with van der Waals surface area (Å²) in [5, 5.41) is 15.0. The first-order valence-electron chi connectivity index (χ1n) is 6.93. The minimum absolute atomic E-state index is 0.0785. The Morgan fingerprint density at radius 3 is 2.90 bits per heavy atom. The SMILES string of the molecule is CC1OCCC1(C)Nc1ccc2cc([N+](=O)[O-])ccc2n1. The molecule has 0 amide bonds. The zero-order valence-corrected chi connectivity index (χ0v) is 12.0. The molecule has 0 bridgehead atoms. The first-order chi connectivity index (χ1) is 9.98. The third kappa shape index (κ3) is 2.54. The lowest BCUT2D eigenvalue weighted by atomic mass is 9.95. The number of non-ortho nitro benzene ring substituents is 1. The van der Waals surface area contributed by atoms with Gasteiger partial charge >= 0.3 is 0 Å². The molecule has 6 nitrogen and oxygen atoms in total. The van der Waals surface area contributed by atoms with Crippen LogP contribution in [-0.4, -0.2) is 28.2 Å². The fraction of sp³-hybridized carbons (Fsp3) is 0.400. The van der Waals surface area contributed by atoms with Crippen molar-refractivity contribution >= 4 is 22.4 Å². The normalized spacial score (nSPS) is 25.1. The summed E-state index contributed by atoms with van der Waals surface area (Å²) in [6, 6.07) is 8.39. The first-order valence-corrected chi connectivity index (χ1v) is 6.93. The van der Waals surface area contributed by atoms with Crippen LogP contribution in [0, 0.1) is 10.1 Å². The topological polar surface area (TPSA) is 77.3 Å². The van der Waals surface area contributed by atoms with E-state index in [9.17, 15) is 10.1 Å². The van der Waals surface area contributed by atoms with Gasteiger partial charge in [-0.25, -0.2) is 4.98 Å². The van der Waals surface area contributed by atoms with Crippen molar-refractivity contribution < 1.29 is 9.66 Å². The minimum atomic E-state index is -0.399. The Kier molecular flexibility index (Phi) is 3.25. The molecular formula is C15H17N3O3. The molecule has 21 heavy (non-hydrogen) atoms. The highest BCUT2D eigenvalue weighted by Crippen LogP contribution is 2.30. The molecule has 2 atom stereocenters. The average molecular weight is 287 g/mol. The molecule has 6 heteroatoms. The summed E-state index contributed by atoms with van der Waals surface area (Å²) in [6.07, 6.45) is 1.04. The van der Waals surface area contributed by atoms with Crippen LogP contribution in [0.5, 0.6) is 0 Å². The van der Waals surface area contributed by atoms with Crippen molar-refractivity contribution in [2.24, 2.45) is 0 Å². The van der Waals surface area contributed by atoms with Crippen LogP contribution in [-0.2, 0) is 4.74 Å². The van der Waals surface area contributed by atoms with Crippen LogP contribution in [0.1, 0.15) is 20.3 Å². The highest BCUT2D eigenvalue weighted by atomic mass is 16.6. The van der Waals surface area contributed by atoms with Crippen LogP contribution in [0.3, 0.4) is 0 Å². The smallest absolute Gasteiger partial charge is 0.270 e. The molecule has 1 aliphatic rings. The molecule has 2 unspecified atom stereocenters. The van der Waals surface area contributed by atoms with Crippen molar-refractivity contribution in [2.75, 3.05) is 11.9 Å². The molecule has 0 spiro atoms. The van der Waals surface area contributed by atoms with Crippen molar-refractivity contribution in [3.05, 3.63) is 40.4 Å². The molecule has 1 aliphatic heterocycles. The lowest BCUT2D eigenvalue weighted by Gasteiger charge is -2.29. The quantitative estimate of drug-likeness (QED) is 0.693. The molecule has 3 rings (SSSR count). The van der Waals surface area contributed by atoms with Gasteiger partial charge in [0.1, 0.15) is 5.82 Å². The second-order valence-electron chi connectivity index (χ2n) is 5.64. The Balaban J connectivity index is 1.91. The Hall–Kier alpha value is -2.21. The monoisotopic (exact) mass is 287 g/mol. The summed E-state index contributed by atoms with van der Waals surface area (Å²) < 4.78 is 5.60. The van der Waals surface area contributed by atoms with Gasteiger partial charge in [0.2, 0.25) is 0 Å². The summed E-state index contributed by atoms with van der Waals surface area (Å²) in [4.78, 5) is 14.9. The van der Waals surface area contributed by atoms with Gasteiger partial charge in [-0.15, -0.1) is 0 Å². The maximum atomic E-state index is 10.8. The predicted octanol–water partition coefficient (Wildman–Crippen LogP) is 3.12. The van der Waals surface area contributed by atoms with E-state index in [0.717, 1.165) is 29.7 Å². The third-order valence-corrected chi connectivity index (χ3v) is 4.18. The molecule has 110 valence electrons. The minimum Gasteiger partial charge on any atom is -0.376 e. The van der Waals surface area contributed by atoms with E-state index in [1.54, 1.807) is 6.07 Å². The Morgan fingerprint density at radius 1 is 1.43 bits per heavy atom. The van der Waals surface area contributed by atoms with Crippen LogP contribution in [0.15, 0.2) is 30.3 Å². The van der Waals surface area contributed by atoms with Crippen LogP contribution in [0.2, 0.25) is 0 Å². The summed E-state index contributed by atoms with van der Waals surface area (Å²) in [7, 11) is 0. The molecule has 1 N–H and O–H groups in total. The molecule has 1 aromatic carbocycles. The second-order valence-corrected chi connectivity index (χ2v) is 5.64. The summed E-state index contributed by atoms with van der Waals surface area (Å²) >= 11 is 0. The van der Waals surface area contributed by atoms with Crippen molar-refractivity contribution in [1.82, 2.24) is 4.98 Å². The van der Waals surface area contributed by atoms with Gasteiger partial charge in [0.25, 0.3) is 5.69 Å². The average Bonchev–Trinajstić information content (AvgIpc) is 2.77. The number of benzene rings is 1. The van der Waals surface area contributed by atoms with Crippen molar-refractivity contribution in [3.8, 4) is 0 Å². The lowest BCUT2D eigenvalue weighted by molar-refractivity contribution is -0.384. The van der Waals surface area contributed by atoms with Crippen molar-refractivity contribution in [3.63, 3.8) is 0 Å². The molecular weight excluding hydrogens is 270 g/mol. The second kappa shape index (κ2) is 4.96. The molecule has 2 aromatic rings. The van der Waals surface area contributed by atoms with E-state index >= 15 is 0 Å². The number of hydrogen-bond donors (Lipinski definition) is 1. The standard InChI is InChI=1S/C15H17N3O3/c1-10-15(2,7-8-21-10)17-14-6-3-11-9-12(18(19)20)4-5-13(11)16-14/h3-6,9-10H,7-8H2,1-2H3,(H,16,17). The molecule has 0 aliphatic carbocycles. The maximum absolute atomic E-state index is 10.8. The van der Waals surface area contributed by atoms with Gasteiger partial charge in [-0.05, 0) is 38.5 Å². The van der Waals surface area contributed by atoms with Gasteiger partial charge in [-0.2, -0.15) is 0 Å². The number of nitro benzene ring substituents is 1. The lowest BCUT2D eigenvalue weighted by Crippen LogP contribution is -2.41. The fourth-order valence-corrected chi connectivity index (χ4v) is 2.59. The van der Waals surface area contributed by atoms with E-state index < -0.39 is 4.92 Å². The Labute approximate surface area is 122 Å². The number of nitro groups is 1. The predicted molar refractivity (Wildman–Crippen MR) is 80.5 cm³/mol. The van der Waals surface area contributed by atoms with Crippen LogP contribution < -0.4 is 5.32 Å². The van der Waals surface area contributed by atoms with Crippen LogP contribution in [0.25, 0.3) is 10.9 Å². The van der Waals surface area contributed by atoms with Gasteiger partial charge in [-0.3, -0.25) is 10.1 Å². The fourth-order valence-electron chi connectivity index (χ4n) is 2.59. The third-order valence-electron chi connectivity index (χ3n) is 4.18. The van der Waals surface area contributed by atoms with E-state index in [4.69, 9.17) is 4.74 Å². The Bertz CT molecular complexity index is 704. The Morgan fingerprint density at radius 2 is 2.24 bits per heavy atom. The number of anilines is 1. The molecule has 1 aromatic heterocycles. The van der Waals surface area contributed by atoms with Gasteiger partial charge in [0, 0.05) is 24.1 Å². The zero-order chi connectivity index (χ0) is 15.0.